The highest BCUT2D eigenvalue weighted by Gasteiger charge is 2.30. The van der Waals surface area contributed by atoms with Gasteiger partial charge < -0.3 is 10.6 Å². The molecule has 0 aliphatic rings. The highest BCUT2D eigenvalue weighted by Crippen LogP contribution is 2.18. The zero-order valence-corrected chi connectivity index (χ0v) is 10.2. The minimum absolute atomic E-state index is 0.0412. The van der Waals surface area contributed by atoms with Gasteiger partial charge in [-0.05, 0) is 25.5 Å². The molecule has 1 amide bonds. The molecule has 16 heavy (non-hydrogen) atoms. The number of amides is 1. The molecule has 0 heterocycles. The second kappa shape index (κ2) is 5.12. The molecule has 0 bridgehead atoms. The Hall–Kier alpha value is -1.35. The van der Waals surface area contributed by atoms with E-state index in [1.807, 2.05) is 37.3 Å². The van der Waals surface area contributed by atoms with E-state index in [9.17, 15) is 4.79 Å². The summed E-state index contributed by atoms with van der Waals surface area (Å²) in [4.78, 5) is 13.8. The Morgan fingerprint density at radius 1 is 1.38 bits per heavy atom. The molecule has 88 valence electrons. The SMILES string of the molecule is CCCC(C)(N)C(=O)N(C)c1ccccc1. The molecule has 2 N–H and O–H groups in total. The lowest BCUT2D eigenvalue weighted by Crippen LogP contribution is -2.52. The first-order valence-corrected chi connectivity index (χ1v) is 5.61. The molecule has 1 aromatic rings. The smallest absolute Gasteiger partial charge is 0.246 e. The third-order valence-electron chi connectivity index (χ3n) is 2.71. The van der Waals surface area contributed by atoms with Crippen molar-refractivity contribution in [3.05, 3.63) is 30.3 Å². The van der Waals surface area contributed by atoms with E-state index in [1.54, 1.807) is 18.9 Å². The fourth-order valence-corrected chi connectivity index (χ4v) is 1.78. The van der Waals surface area contributed by atoms with Gasteiger partial charge in [-0.1, -0.05) is 31.5 Å². The van der Waals surface area contributed by atoms with Gasteiger partial charge >= 0.3 is 0 Å². The number of nitrogens with zero attached hydrogens (tertiary/aromatic N) is 1. The van der Waals surface area contributed by atoms with Crippen molar-refractivity contribution in [2.24, 2.45) is 5.73 Å². The quantitative estimate of drug-likeness (QED) is 0.845. The van der Waals surface area contributed by atoms with E-state index in [0.717, 1.165) is 12.1 Å². The van der Waals surface area contributed by atoms with Crippen LogP contribution in [0.2, 0.25) is 0 Å². The second-order valence-corrected chi connectivity index (χ2v) is 4.37. The van der Waals surface area contributed by atoms with Crippen LogP contribution in [0.5, 0.6) is 0 Å². The molecule has 0 spiro atoms. The van der Waals surface area contributed by atoms with Crippen molar-refractivity contribution in [2.45, 2.75) is 32.2 Å². The Morgan fingerprint density at radius 2 is 1.94 bits per heavy atom. The van der Waals surface area contributed by atoms with Gasteiger partial charge in [-0.2, -0.15) is 0 Å². The molecule has 3 heteroatoms. The van der Waals surface area contributed by atoms with Gasteiger partial charge in [-0.15, -0.1) is 0 Å². The average molecular weight is 220 g/mol. The molecule has 3 nitrogen and oxygen atoms in total. The van der Waals surface area contributed by atoms with Crippen LogP contribution in [0.25, 0.3) is 0 Å². The predicted octanol–water partition coefficient (Wildman–Crippen LogP) is 2.17. The van der Waals surface area contributed by atoms with Crippen LogP contribution in [0.3, 0.4) is 0 Å². The second-order valence-electron chi connectivity index (χ2n) is 4.37. The number of anilines is 1. The Balaban J connectivity index is 2.82. The van der Waals surface area contributed by atoms with E-state index in [2.05, 4.69) is 0 Å². The maximum Gasteiger partial charge on any atom is 0.246 e. The minimum Gasteiger partial charge on any atom is -0.318 e. The highest BCUT2D eigenvalue weighted by atomic mass is 16.2. The van der Waals surface area contributed by atoms with Crippen LogP contribution >= 0.6 is 0 Å². The summed E-state index contributed by atoms with van der Waals surface area (Å²) in [6, 6.07) is 9.55. The van der Waals surface area contributed by atoms with Crippen LogP contribution in [0, 0.1) is 0 Å². The summed E-state index contributed by atoms with van der Waals surface area (Å²) in [7, 11) is 1.76. The molecular weight excluding hydrogens is 200 g/mol. The zero-order valence-electron chi connectivity index (χ0n) is 10.2. The molecular formula is C13H20N2O. The van der Waals surface area contributed by atoms with Crippen molar-refractivity contribution in [1.29, 1.82) is 0 Å². The standard InChI is InChI=1S/C13H20N2O/c1-4-10-13(2,14)12(16)15(3)11-8-6-5-7-9-11/h5-9H,4,10,14H2,1-3H3. The first-order valence-electron chi connectivity index (χ1n) is 5.61. The Morgan fingerprint density at radius 3 is 2.44 bits per heavy atom. The van der Waals surface area contributed by atoms with Crippen molar-refractivity contribution in [3.63, 3.8) is 0 Å². The summed E-state index contributed by atoms with van der Waals surface area (Å²) in [5.74, 6) is -0.0412. The van der Waals surface area contributed by atoms with Crippen LogP contribution in [0.1, 0.15) is 26.7 Å². The van der Waals surface area contributed by atoms with E-state index >= 15 is 0 Å². The summed E-state index contributed by atoms with van der Waals surface area (Å²) >= 11 is 0. The third kappa shape index (κ3) is 2.83. The molecule has 1 atom stereocenters. The summed E-state index contributed by atoms with van der Waals surface area (Å²) in [6.45, 7) is 3.82. The highest BCUT2D eigenvalue weighted by molar-refractivity contribution is 5.99. The number of hydrogen-bond acceptors (Lipinski definition) is 2. The van der Waals surface area contributed by atoms with Gasteiger partial charge in [-0.3, -0.25) is 4.79 Å². The minimum atomic E-state index is -0.778. The van der Waals surface area contributed by atoms with Crippen molar-refractivity contribution in [1.82, 2.24) is 0 Å². The van der Waals surface area contributed by atoms with E-state index < -0.39 is 5.54 Å². The lowest BCUT2D eigenvalue weighted by atomic mass is 9.95. The van der Waals surface area contributed by atoms with Gasteiger partial charge in [0.2, 0.25) is 5.91 Å². The van der Waals surface area contributed by atoms with Gasteiger partial charge in [0, 0.05) is 12.7 Å². The van der Waals surface area contributed by atoms with Crippen LogP contribution in [-0.2, 0) is 4.79 Å². The van der Waals surface area contributed by atoms with E-state index in [1.165, 1.54) is 0 Å². The number of benzene rings is 1. The first kappa shape index (κ1) is 12.7. The van der Waals surface area contributed by atoms with Crippen molar-refractivity contribution >= 4 is 11.6 Å². The summed E-state index contributed by atoms with van der Waals surface area (Å²) in [6.07, 6.45) is 1.60. The van der Waals surface area contributed by atoms with Crippen LogP contribution in [0.4, 0.5) is 5.69 Å². The summed E-state index contributed by atoms with van der Waals surface area (Å²) in [5.41, 5.74) is 6.11. The number of para-hydroxylation sites is 1. The fraction of sp³-hybridized carbons (Fsp3) is 0.462. The van der Waals surface area contributed by atoms with Crippen LogP contribution in [-0.4, -0.2) is 18.5 Å². The zero-order chi connectivity index (χ0) is 12.2. The van der Waals surface area contributed by atoms with Crippen molar-refractivity contribution in [2.75, 3.05) is 11.9 Å². The monoisotopic (exact) mass is 220 g/mol. The van der Waals surface area contributed by atoms with E-state index in [-0.39, 0.29) is 5.91 Å². The normalized spacial score (nSPS) is 14.2. The van der Waals surface area contributed by atoms with Gasteiger partial charge in [0.15, 0.2) is 0 Å². The topological polar surface area (TPSA) is 46.3 Å². The number of carbonyl (C=O) groups excluding carboxylic acids is 1. The average Bonchev–Trinajstić information content (AvgIpc) is 2.28. The summed E-state index contributed by atoms with van der Waals surface area (Å²) in [5, 5.41) is 0. The Kier molecular flexibility index (Phi) is 4.07. The maximum absolute atomic E-state index is 12.2. The molecule has 0 saturated carbocycles. The molecule has 0 saturated heterocycles. The van der Waals surface area contributed by atoms with E-state index in [0.29, 0.717) is 6.42 Å². The number of nitrogens with two attached hydrogens (primary N) is 1. The molecule has 1 rings (SSSR count). The molecule has 0 fully saturated rings. The van der Waals surface area contributed by atoms with E-state index in [4.69, 9.17) is 5.73 Å². The van der Waals surface area contributed by atoms with Gasteiger partial charge in [-0.25, -0.2) is 0 Å². The van der Waals surface area contributed by atoms with Crippen LogP contribution in [0.15, 0.2) is 30.3 Å². The van der Waals surface area contributed by atoms with Gasteiger partial charge in [0.1, 0.15) is 0 Å². The van der Waals surface area contributed by atoms with Crippen molar-refractivity contribution < 1.29 is 4.79 Å². The molecule has 0 aromatic heterocycles. The largest absolute Gasteiger partial charge is 0.318 e. The summed E-state index contributed by atoms with van der Waals surface area (Å²) < 4.78 is 0. The number of likely N-dealkylation sites (N-methyl/N-ethyl adjacent to an activating group) is 1. The Labute approximate surface area is 97.2 Å². The molecule has 0 aliphatic carbocycles. The molecule has 0 aliphatic heterocycles. The fourth-order valence-electron chi connectivity index (χ4n) is 1.78. The van der Waals surface area contributed by atoms with Crippen molar-refractivity contribution in [3.8, 4) is 0 Å². The number of rotatable bonds is 4. The number of hydrogen-bond donors (Lipinski definition) is 1. The van der Waals surface area contributed by atoms with Gasteiger partial charge in [0.05, 0.1) is 5.54 Å². The number of carbonyl (C=O) groups is 1. The maximum atomic E-state index is 12.2. The first-order chi connectivity index (χ1) is 7.49. The Bertz CT molecular complexity index is 346. The molecule has 1 unspecified atom stereocenters. The molecule has 1 aromatic carbocycles. The predicted molar refractivity (Wildman–Crippen MR) is 67.4 cm³/mol. The lowest BCUT2D eigenvalue weighted by Gasteiger charge is -2.29. The lowest BCUT2D eigenvalue weighted by molar-refractivity contribution is -0.123. The van der Waals surface area contributed by atoms with Gasteiger partial charge in [0.25, 0.3) is 0 Å². The molecule has 0 radical (unpaired) electrons. The van der Waals surface area contributed by atoms with Crippen LogP contribution < -0.4 is 10.6 Å². The third-order valence-corrected chi connectivity index (χ3v) is 2.71.